The summed E-state index contributed by atoms with van der Waals surface area (Å²) in [5, 5.41) is 12.2. The number of hydrogen-bond donors (Lipinski definition) is 1. The number of hydrogen-bond acceptors (Lipinski definition) is 3. The second kappa shape index (κ2) is 17.4. The molecule has 0 aliphatic carbocycles. The van der Waals surface area contributed by atoms with Gasteiger partial charge >= 0.3 is 0 Å². The fourth-order valence-electron chi connectivity index (χ4n) is 8.13. The van der Waals surface area contributed by atoms with Crippen LogP contribution in [0.4, 0.5) is 0 Å². The molecule has 0 saturated carbocycles. The van der Waals surface area contributed by atoms with Crippen molar-refractivity contribution in [3.05, 3.63) is 167 Å². The summed E-state index contributed by atoms with van der Waals surface area (Å²) < 4.78 is 11.5. The summed E-state index contributed by atoms with van der Waals surface area (Å²) in [5.41, 5.74) is 16.3. The molecule has 0 saturated heterocycles. The number of fused-ring (bicyclic) bond motifs is 1. The summed E-state index contributed by atoms with van der Waals surface area (Å²) in [6, 6.07) is 48.3. The van der Waals surface area contributed by atoms with Crippen molar-refractivity contribution in [2.75, 3.05) is 0 Å². The third-order valence-corrected chi connectivity index (χ3v) is 11.7. The van der Waals surface area contributed by atoms with Crippen LogP contribution >= 0.6 is 0 Å². The van der Waals surface area contributed by atoms with Gasteiger partial charge in [-0.25, -0.2) is 4.98 Å². The van der Waals surface area contributed by atoms with Gasteiger partial charge in [0.15, 0.2) is 0 Å². The van der Waals surface area contributed by atoms with Gasteiger partial charge < -0.3 is 5.11 Å². The average Bonchev–Trinajstić information content (AvgIpc) is 3.63. The molecule has 0 aliphatic rings. The fourth-order valence-corrected chi connectivity index (χ4v) is 8.13. The van der Waals surface area contributed by atoms with Gasteiger partial charge in [0.05, 0.1) is 16.6 Å². The molecule has 0 aliphatic heterocycles. The van der Waals surface area contributed by atoms with E-state index < -0.39 is 5.89 Å². The predicted octanol–water partition coefficient (Wildman–Crippen LogP) is 15.2. The van der Waals surface area contributed by atoms with Crippen LogP contribution in [0, 0.1) is 13.0 Å². The van der Waals surface area contributed by atoms with Crippen LogP contribution in [0.3, 0.4) is 0 Å². The Hall–Kier alpha value is -5.57. The van der Waals surface area contributed by atoms with Crippen LogP contribution in [-0.2, 0) is 26.5 Å². The zero-order valence-corrected chi connectivity index (χ0v) is 39.2. The van der Waals surface area contributed by atoms with Crippen molar-refractivity contribution >= 4 is 11.0 Å². The number of aromatic nitrogens is 3. The average molecular weight is 983 g/mol. The predicted molar refractivity (Wildman–Crippen MR) is 252 cm³/mol. The molecule has 5 heteroatoms. The van der Waals surface area contributed by atoms with E-state index in [-0.39, 0.29) is 44.1 Å². The van der Waals surface area contributed by atoms with E-state index in [0.717, 1.165) is 83.6 Å². The second-order valence-electron chi connectivity index (χ2n) is 18.1. The Balaban J connectivity index is 0.00000578. The quantitative estimate of drug-likeness (QED) is 0.147. The van der Waals surface area contributed by atoms with Gasteiger partial charge in [0.2, 0.25) is 0 Å². The SMILES string of the molecule is [2H]C(C)(C)c1cc(-n2c(-c3cc(C(C)C)cc(C(C)C)c3O)nc3c(-c4[c-]c(-c5cc(-c6ccc(C)cc6)ccn5)cc(C(C)(C)C)c4)cccc32)ccc1-c1ccccc1.[Pt]. The van der Waals surface area contributed by atoms with Crippen LogP contribution in [0.25, 0.3) is 72.7 Å². The molecular weight excluding hydrogens is 926 g/mol. The number of rotatable bonds is 9. The standard InChI is InChI=1S/C56H56N3O.Pt/c1-34(2)41-30-49(36(5)6)54(60)50(31-41)55-58-53-47(17-14-18-52(53)59(55)45-23-24-46(48(33-45)35(3)4)39-15-12-11-13-16-39)42-27-43(29-44(28-42)56(8,9)10)51-32-40(25-26-57-51)38-21-19-37(7)20-22-38;/h11-26,28-36,60H,1-10H3;/q-1;/i35D;. The summed E-state index contributed by atoms with van der Waals surface area (Å²) in [6.45, 7) is 21.3. The maximum absolute atomic E-state index is 12.2. The molecule has 8 aromatic rings. The first-order chi connectivity index (χ1) is 29.0. The van der Waals surface area contributed by atoms with E-state index in [1.54, 1.807) is 0 Å². The topological polar surface area (TPSA) is 50.9 Å². The van der Waals surface area contributed by atoms with Gasteiger partial charge in [-0.2, -0.15) is 0 Å². The molecule has 61 heavy (non-hydrogen) atoms. The zero-order valence-electron chi connectivity index (χ0n) is 38.0. The van der Waals surface area contributed by atoms with Gasteiger partial charge in [-0.1, -0.05) is 164 Å². The Labute approximate surface area is 378 Å². The van der Waals surface area contributed by atoms with E-state index in [1.807, 2.05) is 38.2 Å². The second-order valence-corrected chi connectivity index (χ2v) is 18.1. The van der Waals surface area contributed by atoms with Gasteiger partial charge in [0, 0.05) is 40.0 Å². The Kier molecular flexibility index (Phi) is 12.0. The molecule has 0 unspecified atom stereocenters. The molecule has 2 aromatic heterocycles. The minimum Gasteiger partial charge on any atom is -0.507 e. The van der Waals surface area contributed by atoms with Crippen LogP contribution in [0.15, 0.2) is 134 Å². The number of pyridine rings is 1. The molecule has 0 amide bonds. The molecule has 6 aromatic carbocycles. The normalized spacial score (nSPS) is 12.2. The third kappa shape index (κ3) is 8.66. The van der Waals surface area contributed by atoms with E-state index in [0.29, 0.717) is 11.4 Å². The number of phenolic OH excluding ortho intramolecular Hbond substituents is 1. The molecule has 4 nitrogen and oxygen atoms in total. The van der Waals surface area contributed by atoms with E-state index in [1.165, 1.54) is 5.56 Å². The summed E-state index contributed by atoms with van der Waals surface area (Å²) in [5.74, 6) is 0.305. The van der Waals surface area contributed by atoms with Gasteiger partial charge in [0.25, 0.3) is 0 Å². The summed E-state index contributed by atoms with van der Waals surface area (Å²) >= 11 is 0. The molecule has 0 spiro atoms. The molecule has 0 radical (unpaired) electrons. The maximum atomic E-state index is 12.2. The smallest absolute Gasteiger partial charge is 0.148 e. The Bertz CT molecular complexity index is 2900. The van der Waals surface area contributed by atoms with Crippen LogP contribution < -0.4 is 0 Å². The zero-order chi connectivity index (χ0) is 43.4. The number of benzene rings is 6. The Morgan fingerprint density at radius 2 is 1.38 bits per heavy atom. The first-order valence-corrected chi connectivity index (χ1v) is 21.2. The van der Waals surface area contributed by atoms with E-state index >= 15 is 0 Å². The first-order valence-electron chi connectivity index (χ1n) is 21.7. The van der Waals surface area contributed by atoms with E-state index in [4.69, 9.17) is 9.97 Å². The van der Waals surface area contributed by atoms with Gasteiger partial charge in [0.1, 0.15) is 11.6 Å². The largest absolute Gasteiger partial charge is 0.507 e. The molecule has 8 rings (SSSR count). The molecular formula is C56H56N3OPt-. The van der Waals surface area contributed by atoms with Gasteiger partial charge in [-0.05, 0) is 99.3 Å². The number of phenols is 1. The minimum atomic E-state index is -0.906. The molecule has 312 valence electrons. The Morgan fingerprint density at radius 1 is 0.656 bits per heavy atom. The van der Waals surface area contributed by atoms with Gasteiger partial charge in [-0.15, -0.1) is 29.3 Å². The number of aromatic hydroxyl groups is 1. The fraction of sp³-hybridized carbons (Fsp3) is 0.250. The van der Waals surface area contributed by atoms with Crippen molar-refractivity contribution in [3.63, 3.8) is 0 Å². The van der Waals surface area contributed by atoms with Crippen molar-refractivity contribution in [1.82, 2.24) is 14.5 Å². The monoisotopic (exact) mass is 982 g/mol. The van der Waals surface area contributed by atoms with Gasteiger partial charge in [-0.3, -0.25) is 9.55 Å². The molecule has 0 atom stereocenters. The van der Waals surface area contributed by atoms with Crippen LogP contribution in [0.1, 0.15) is 109 Å². The number of imidazole rings is 1. The maximum Gasteiger partial charge on any atom is 0.148 e. The van der Waals surface area contributed by atoms with Crippen LogP contribution in [-0.4, -0.2) is 19.6 Å². The van der Waals surface area contributed by atoms with Crippen molar-refractivity contribution in [1.29, 1.82) is 0 Å². The molecule has 0 fully saturated rings. The minimum absolute atomic E-state index is 0. The van der Waals surface area contributed by atoms with Crippen LogP contribution in [0.5, 0.6) is 5.75 Å². The Morgan fingerprint density at radius 3 is 2.05 bits per heavy atom. The van der Waals surface area contributed by atoms with E-state index in [2.05, 4.69) is 175 Å². The third-order valence-electron chi connectivity index (χ3n) is 11.7. The van der Waals surface area contributed by atoms with Crippen molar-refractivity contribution in [2.45, 2.75) is 92.4 Å². The number of aryl methyl sites for hydroxylation is 1. The molecule has 0 bridgehead atoms. The molecule has 1 N–H and O–H groups in total. The van der Waals surface area contributed by atoms with E-state index in [9.17, 15) is 6.48 Å². The van der Waals surface area contributed by atoms with Crippen molar-refractivity contribution < 1.29 is 27.5 Å². The summed E-state index contributed by atoms with van der Waals surface area (Å²) in [7, 11) is 0. The van der Waals surface area contributed by atoms with Crippen molar-refractivity contribution in [3.8, 4) is 67.5 Å². The number of nitrogens with zero attached hydrogens (tertiary/aromatic N) is 3. The summed E-state index contributed by atoms with van der Waals surface area (Å²) in [6.07, 6.45) is 1.88. The van der Waals surface area contributed by atoms with Crippen LogP contribution in [0.2, 0.25) is 0 Å². The van der Waals surface area contributed by atoms with Crippen molar-refractivity contribution in [2.24, 2.45) is 0 Å². The first kappa shape index (κ1) is 42.1. The summed E-state index contributed by atoms with van der Waals surface area (Å²) in [4.78, 5) is 10.4. The molecule has 2 heterocycles. The number of para-hydroxylation sites is 1.